The van der Waals surface area contributed by atoms with Gasteiger partial charge in [0.2, 0.25) is 17.6 Å². The van der Waals surface area contributed by atoms with Crippen molar-refractivity contribution in [3.8, 4) is 17.1 Å². The summed E-state index contributed by atoms with van der Waals surface area (Å²) in [5.41, 5.74) is 0.838. The average Bonchev–Trinajstić information content (AvgIpc) is 3.35. The number of hydrogen-bond acceptors (Lipinski definition) is 6. The molecule has 1 amide bonds. The lowest BCUT2D eigenvalue weighted by atomic mass is 10.2. The highest BCUT2D eigenvalue weighted by Crippen LogP contribution is 2.19. The van der Waals surface area contributed by atoms with Crippen LogP contribution in [0, 0.1) is 0 Å². The molecule has 0 radical (unpaired) electrons. The van der Waals surface area contributed by atoms with Crippen LogP contribution in [0.25, 0.3) is 11.4 Å². The van der Waals surface area contributed by atoms with E-state index in [-0.39, 0.29) is 5.91 Å². The molecule has 1 aromatic carbocycles. The number of aryl methyl sites for hydroxylation is 2. The SMILES string of the molecule is COc1ccc(-c2noc(CCC(=O)NCCCn3ccnc3)n2)cc1. The number of aromatic nitrogens is 4. The van der Waals surface area contributed by atoms with E-state index in [1.165, 1.54) is 0 Å². The van der Waals surface area contributed by atoms with Crippen molar-refractivity contribution in [3.63, 3.8) is 0 Å². The maximum Gasteiger partial charge on any atom is 0.227 e. The molecule has 3 rings (SSSR count). The highest BCUT2D eigenvalue weighted by Gasteiger charge is 2.10. The van der Waals surface area contributed by atoms with Gasteiger partial charge in [0.05, 0.1) is 13.4 Å². The number of rotatable bonds is 9. The summed E-state index contributed by atoms with van der Waals surface area (Å²) in [6, 6.07) is 7.39. The molecule has 0 saturated heterocycles. The third-order valence-electron chi connectivity index (χ3n) is 3.86. The van der Waals surface area contributed by atoms with Crippen molar-refractivity contribution < 1.29 is 14.1 Å². The number of nitrogens with zero attached hydrogens (tertiary/aromatic N) is 4. The minimum atomic E-state index is -0.0279. The maximum atomic E-state index is 11.9. The zero-order chi connectivity index (χ0) is 18.2. The van der Waals surface area contributed by atoms with Crippen LogP contribution >= 0.6 is 0 Å². The number of benzene rings is 1. The van der Waals surface area contributed by atoms with Crippen molar-refractivity contribution in [2.75, 3.05) is 13.7 Å². The Kier molecular flexibility index (Phi) is 5.97. The minimum absolute atomic E-state index is 0.0279. The lowest BCUT2D eigenvalue weighted by Crippen LogP contribution is -2.25. The van der Waals surface area contributed by atoms with E-state index in [2.05, 4.69) is 20.4 Å². The number of imidazole rings is 1. The lowest BCUT2D eigenvalue weighted by Gasteiger charge is -2.04. The molecular formula is C18H21N5O3. The fraction of sp³-hybridized carbons (Fsp3) is 0.333. The molecule has 0 aliphatic carbocycles. The number of nitrogens with one attached hydrogen (secondary N) is 1. The predicted octanol–water partition coefficient (Wildman–Crippen LogP) is 2.08. The van der Waals surface area contributed by atoms with Gasteiger partial charge in [-0.3, -0.25) is 4.79 Å². The molecule has 0 fully saturated rings. The number of ether oxygens (including phenoxy) is 1. The zero-order valence-electron chi connectivity index (χ0n) is 14.6. The van der Waals surface area contributed by atoms with E-state index >= 15 is 0 Å². The van der Waals surface area contributed by atoms with E-state index < -0.39 is 0 Å². The summed E-state index contributed by atoms with van der Waals surface area (Å²) in [5, 5.41) is 6.85. The van der Waals surface area contributed by atoms with Gasteiger partial charge in [0, 0.05) is 43.9 Å². The molecule has 0 unspecified atom stereocenters. The normalized spacial score (nSPS) is 10.7. The van der Waals surface area contributed by atoms with Gasteiger partial charge in [-0.05, 0) is 30.7 Å². The summed E-state index contributed by atoms with van der Waals surface area (Å²) in [4.78, 5) is 20.2. The summed E-state index contributed by atoms with van der Waals surface area (Å²) in [7, 11) is 1.62. The van der Waals surface area contributed by atoms with Gasteiger partial charge in [0.25, 0.3) is 0 Å². The smallest absolute Gasteiger partial charge is 0.227 e. The van der Waals surface area contributed by atoms with Crippen LogP contribution in [-0.4, -0.2) is 39.3 Å². The van der Waals surface area contributed by atoms with Crippen molar-refractivity contribution in [1.29, 1.82) is 0 Å². The van der Waals surface area contributed by atoms with Gasteiger partial charge in [0.15, 0.2) is 0 Å². The second-order valence-corrected chi connectivity index (χ2v) is 5.74. The Morgan fingerprint density at radius 2 is 2.15 bits per heavy atom. The molecule has 136 valence electrons. The van der Waals surface area contributed by atoms with Crippen LogP contribution in [0.15, 0.2) is 47.5 Å². The van der Waals surface area contributed by atoms with Crippen LogP contribution in [0.5, 0.6) is 5.75 Å². The third kappa shape index (κ3) is 4.92. The van der Waals surface area contributed by atoms with Gasteiger partial charge in [-0.2, -0.15) is 4.98 Å². The molecule has 1 N–H and O–H groups in total. The van der Waals surface area contributed by atoms with E-state index in [4.69, 9.17) is 9.26 Å². The molecule has 0 aliphatic heterocycles. The van der Waals surface area contributed by atoms with Gasteiger partial charge in [-0.15, -0.1) is 0 Å². The Morgan fingerprint density at radius 1 is 1.31 bits per heavy atom. The molecule has 3 aromatic rings. The molecule has 0 atom stereocenters. The highest BCUT2D eigenvalue weighted by atomic mass is 16.5. The van der Waals surface area contributed by atoms with Crippen LogP contribution in [0.2, 0.25) is 0 Å². The second kappa shape index (κ2) is 8.80. The Hall–Kier alpha value is -3.16. The third-order valence-corrected chi connectivity index (χ3v) is 3.86. The van der Waals surface area contributed by atoms with E-state index in [1.54, 1.807) is 19.6 Å². The number of carbonyl (C=O) groups excluding carboxylic acids is 1. The van der Waals surface area contributed by atoms with E-state index in [1.807, 2.05) is 35.0 Å². The number of hydrogen-bond donors (Lipinski definition) is 1. The van der Waals surface area contributed by atoms with Crippen molar-refractivity contribution in [1.82, 2.24) is 25.0 Å². The van der Waals surface area contributed by atoms with E-state index in [0.29, 0.717) is 31.1 Å². The van der Waals surface area contributed by atoms with E-state index in [0.717, 1.165) is 24.3 Å². The molecule has 0 bridgehead atoms. The molecule has 0 saturated carbocycles. The van der Waals surface area contributed by atoms with Crippen LogP contribution < -0.4 is 10.1 Å². The molecule has 2 aromatic heterocycles. The number of amides is 1. The molecular weight excluding hydrogens is 334 g/mol. The minimum Gasteiger partial charge on any atom is -0.497 e. The predicted molar refractivity (Wildman–Crippen MR) is 94.5 cm³/mol. The summed E-state index contributed by atoms with van der Waals surface area (Å²) < 4.78 is 12.3. The number of methoxy groups -OCH3 is 1. The molecule has 0 spiro atoms. The Morgan fingerprint density at radius 3 is 2.88 bits per heavy atom. The van der Waals surface area contributed by atoms with Crippen LogP contribution in [0.3, 0.4) is 0 Å². The van der Waals surface area contributed by atoms with Crippen LogP contribution in [-0.2, 0) is 17.8 Å². The first-order chi connectivity index (χ1) is 12.7. The monoisotopic (exact) mass is 355 g/mol. The van der Waals surface area contributed by atoms with Gasteiger partial charge < -0.3 is 19.1 Å². The van der Waals surface area contributed by atoms with Crippen molar-refractivity contribution in [3.05, 3.63) is 48.9 Å². The van der Waals surface area contributed by atoms with Crippen LogP contribution in [0.4, 0.5) is 0 Å². The van der Waals surface area contributed by atoms with Crippen LogP contribution in [0.1, 0.15) is 18.7 Å². The van der Waals surface area contributed by atoms with E-state index in [9.17, 15) is 4.79 Å². The van der Waals surface area contributed by atoms with Gasteiger partial charge >= 0.3 is 0 Å². The summed E-state index contributed by atoms with van der Waals surface area (Å²) in [6.07, 6.45) is 6.98. The lowest BCUT2D eigenvalue weighted by molar-refractivity contribution is -0.121. The summed E-state index contributed by atoms with van der Waals surface area (Å²) in [6.45, 7) is 1.45. The van der Waals surface area contributed by atoms with Gasteiger partial charge in [-0.1, -0.05) is 5.16 Å². The summed E-state index contributed by atoms with van der Waals surface area (Å²) in [5.74, 6) is 1.69. The topological polar surface area (TPSA) is 95.1 Å². The Bertz CT molecular complexity index is 812. The first-order valence-electron chi connectivity index (χ1n) is 8.44. The van der Waals surface area contributed by atoms with Gasteiger partial charge in [0.1, 0.15) is 5.75 Å². The van der Waals surface area contributed by atoms with Crippen molar-refractivity contribution in [2.45, 2.75) is 25.8 Å². The average molecular weight is 355 g/mol. The Labute approximate surface area is 151 Å². The first kappa shape index (κ1) is 17.7. The molecule has 8 heteroatoms. The maximum absolute atomic E-state index is 11.9. The first-order valence-corrected chi connectivity index (χ1v) is 8.44. The largest absolute Gasteiger partial charge is 0.497 e. The van der Waals surface area contributed by atoms with Crippen molar-refractivity contribution in [2.24, 2.45) is 0 Å². The van der Waals surface area contributed by atoms with Gasteiger partial charge in [-0.25, -0.2) is 4.98 Å². The molecule has 26 heavy (non-hydrogen) atoms. The van der Waals surface area contributed by atoms with Crippen molar-refractivity contribution >= 4 is 5.91 Å². The summed E-state index contributed by atoms with van der Waals surface area (Å²) >= 11 is 0. The Balaban J connectivity index is 1.40. The fourth-order valence-corrected chi connectivity index (χ4v) is 2.43. The highest BCUT2D eigenvalue weighted by molar-refractivity contribution is 5.75. The molecule has 0 aliphatic rings. The quantitative estimate of drug-likeness (QED) is 0.591. The molecule has 2 heterocycles. The second-order valence-electron chi connectivity index (χ2n) is 5.74. The zero-order valence-corrected chi connectivity index (χ0v) is 14.6. The number of carbonyl (C=O) groups is 1. The standard InChI is InChI=1S/C18H21N5O3/c1-25-15-5-3-14(4-6-15)18-21-17(26-22-18)8-7-16(24)20-9-2-11-23-12-10-19-13-23/h3-6,10,12-13H,2,7-9,11H2,1H3,(H,20,24). The molecule has 8 nitrogen and oxygen atoms in total. The fourth-order valence-electron chi connectivity index (χ4n) is 2.43.